The van der Waals surface area contributed by atoms with Crippen LogP contribution >= 0.6 is 11.6 Å². The Morgan fingerprint density at radius 2 is 1.73 bits per heavy atom. The van der Waals surface area contributed by atoms with Gasteiger partial charge in [0.25, 0.3) is 0 Å². The Labute approximate surface area is 216 Å². The average molecular weight is 523 g/mol. The SMILES string of the molecule is COC(=O)c1ccnc(Oc2ccc(Nc3nc(=O)n(C(C)C)c(=O)n3Cc3ccc(Cl)cc3)cc2)n1. The molecule has 2 heterocycles. The summed E-state index contributed by atoms with van der Waals surface area (Å²) in [6, 6.07) is 14.7. The van der Waals surface area contributed by atoms with Gasteiger partial charge in [0.05, 0.1) is 13.7 Å². The largest absolute Gasteiger partial charge is 0.464 e. The smallest absolute Gasteiger partial charge is 0.356 e. The third-order valence-electron chi connectivity index (χ3n) is 5.22. The lowest BCUT2D eigenvalue weighted by Gasteiger charge is -2.17. The van der Waals surface area contributed by atoms with E-state index < -0.39 is 17.3 Å². The highest BCUT2D eigenvalue weighted by atomic mass is 35.5. The van der Waals surface area contributed by atoms with Crippen LogP contribution in [0.15, 0.2) is 70.4 Å². The van der Waals surface area contributed by atoms with Crippen molar-refractivity contribution in [2.75, 3.05) is 12.4 Å². The second-order valence-corrected chi connectivity index (χ2v) is 8.58. The van der Waals surface area contributed by atoms with E-state index in [0.717, 1.165) is 10.1 Å². The van der Waals surface area contributed by atoms with Gasteiger partial charge < -0.3 is 14.8 Å². The molecule has 0 unspecified atom stereocenters. The van der Waals surface area contributed by atoms with Gasteiger partial charge in [0.2, 0.25) is 5.95 Å². The van der Waals surface area contributed by atoms with Crippen LogP contribution in [0, 0.1) is 0 Å². The van der Waals surface area contributed by atoms with E-state index in [2.05, 4.69) is 25.0 Å². The normalized spacial score (nSPS) is 10.8. The summed E-state index contributed by atoms with van der Waals surface area (Å²) in [5.41, 5.74) is 0.275. The van der Waals surface area contributed by atoms with E-state index in [0.29, 0.717) is 16.5 Å². The van der Waals surface area contributed by atoms with Crippen molar-refractivity contribution in [3.8, 4) is 11.8 Å². The minimum atomic E-state index is -0.655. The molecule has 12 heteroatoms. The zero-order chi connectivity index (χ0) is 26.5. The number of hydrogen-bond acceptors (Lipinski definition) is 9. The molecule has 37 heavy (non-hydrogen) atoms. The maximum Gasteiger partial charge on any atom is 0.356 e. The molecule has 0 aliphatic carbocycles. The Morgan fingerprint density at radius 1 is 1.03 bits per heavy atom. The number of carbonyl (C=O) groups excluding carboxylic acids is 1. The van der Waals surface area contributed by atoms with Gasteiger partial charge in [0.1, 0.15) is 5.75 Å². The molecule has 0 radical (unpaired) electrons. The molecule has 4 aromatic rings. The number of carbonyl (C=O) groups is 1. The summed E-state index contributed by atoms with van der Waals surface area (Å²) in [6.45, 7) is 3.66. The van der Waals surface area contributed by atoms with E-state index in [1.165, 1.54) is 23.9 Å². The van der Waals surface area contributed by atoms with Crippen LogP contribution in [-0.2, 0) is 11.3 Å². The van der Waals surface area contributed by atoms with Gasteiger partial charge in [-0.05, 0) is 61.9 Å². The summed E-state index contributed by atoms with van der Waals surface area (Å²) < 4.78 is 12.8. The molecule has 0 saturated heterocycles. The van der Waals surface area contributed by atoms with Crippen LogP contribution in [0.4, 0.5) is 11.6 Å². The molecule has 0 aliphatic heterocycles. The summed E-state index contributed by atoms with van der Waals surface area (Å²) in [7, 11) is 1.26. The lowest BCUT2D eigenvalue weighted by Crippen LogP contribution is -2.43. The summed E-state index contributed by atoms with van der Waals surface area (Å²) in [6.07, 6.45) is 1.38. The highest BCUT2D eigenvalue weighted by Crippen LogP contribution is 2.22. The highest BCUT2D eigenvalue weighted by Gasteiger charge is 2.16. The van der Waals surface area contributed by atoms with Crippen LogP contribution in [0.3, 0.4) is 0 Å². The van der Waals surface area contributed by atoms with Gasteiger partial charge in [0, 0.05) is 22.9 Å². The number of ether oxygens (including phenoxy) is 2. The molecule has 2 aromatic carbocycles. The predicted octanol–water partition coefficient (Wildman–Crippen LogP) is 3.80. The summed E-state index contributed by atoms with van der Waals surface area (Å²) in [5, 5.41) is 3.61. The Morgan fingerprint density at radius 3 is 2.38 bits per heavy atom. The van der Waals surface area contributed by atoms with Crippen molar-refractivity contribution in [3.63, 3.8) is 0 Å². The lowest BCUT2D eigenvalue weighted by atomic mass is 10.2. The topological polar surface area (TPSA) is 130 Å². The fourth-order valence-electron chi connectivity index (χ4n) is 3.41. The summed E-state index contributed by atoms with van der Waals surface area (Å²) in [5.74, 6) is -0.123. The number of nitrogens with zero attached hydrogens (tertiary/aromatic N) is 5. The first-order valence-corrected chi connectivity index (χ1v) is 11.6. The molecule has 0 fully saturated rings. The maximum atomic E-state index is 13.2. The average Bonchev–Trinajstić information content (AvgIpc) is 2.88. The van der Waals surface area contributed by atoms with E-state index >= 15 is 0 Å². The number of anilines is 2. The molecule has 190 valence electrons. The first-order chi connectivity index (χ1) is 17.7. The first-order valence-electron chi connectivity index (χ1n) is 11.2. The molecule has 0 bridgehead atoms. The van der Waals surface area contributed by atoms with Gasteiger partial charge in [-0.15, -0.1) is 0 Å². The van der Waals surface area contributed by atoms with Gasteiger partial charge in [0.15, 0.2) is 5.69 Å². The van der Waals surface area contributed by atoms with Crippen LogP contribution in [0.5, 0.6) is 11.8 Å². The highest BCUT2D eigenvalue weighted by molar-refractivity contribution is 6.30. The molecule has 0 atom stereocenters. The number of nitrogens with one attached hydrogen (secondary N) is 1. The van der Waals surface area contributed by atoms with Crippen molar-refractivity contribution >= 4 is 29.2 Å². The van der Waals surface area contributed by atoms with Crippen LogP contribution in [-0.4, -0.2) is 37.2 Å². The molecule has 0 spiro atoms. The van der Waals surface area contributed by atoms with Crippen LogP contribution in [0.1, 0.15) is 35.9 Å². The number of rotatable bonds is 8. The molecule has 4 rings (SSSR count). The van der Waals surface area contributed by atoms with Crippen molar-refractivity contribution in [2.24, 2.45) is 0 Å². The second kappa shape index (κ2) is 11.0. The fourth-order valence-corrected chi connectivity index (χ4v) is 3.53. The number of benzene rings is 2. The molecular formula is C25H23ClN6O5. The van der Waals surface area contributed by atoms with Crippen LogP contribution in [0.25, 0.3) is 0 Å². The van der Waals surface area contributed by atoms with Crippen molar-refractivity contribution in [3.05, 3.63) is 98.0 Å². The quantitative estimate of drug-likeness (QED) is 0.343. The molecule has 2 aromatic heterocycles. The van der Waals surface area contributed by atoms with E-state index in [9.17, 15) is 14.4 Å². The van der Waals surface area contributed by atoms with E-state index in [1.54, 1.807) is 62.4 Å². The number of aromatic nitrogens is 5. The predicted molar refractivity (Wildman–Crippen MR) is 137 cm³/mol. The number of methoxy groups -OCH3 is 1. The molecular weight excluding hydrogens is 500 g/mol. The minimum Gasteiger partial charge on any atom is -0.464 e. The van der Waals surface area contributed by atoms with E-state index in [-0.39, 0.29) is 30.2 Å². The van der Waals surface area contributed by atoms with Gasteiger partial charge in [-0.25, -0.2) is 23.9 Å². The van der Waals surface area contributed by atoms with Crippen LogP contribution < -0.4 is 21.4 Å². The zero-order valence-corrected chi connectivity index (χ0v) is 21.0. The maximum absolute atomic E-state index is 13.2. The van der Waals surface area contributed by atoms with Crippen LogP contribution in [0.2, 0.25) is 5.02 Å². The summed E-state index contributed by atoms with van der Waals surface area (Å²) in [4.78, 5) is 49.6. The second-order valence-electron chi connectivity index (χ2n) is 8.14. The molecule has 0 aliphatic rings. The fraction of sp³-hybridized carbons (Fsp3) is 0.200. The lowest BCUT2D eigenvalue weighted by molar-refractivity contribution is 0.0592. The molecule has 0 saturated carbocycles. The third kappa shape index (κ3) is 6.01. The molecule has 1 N–H and O–H groups in total. The van der Waals surface area contributed by atoms with Crippen molar-refractivity contribution < 1.29 is 14.3 Å². The minimum absolute atomic E-state index is 0.0284. The zero-order valence-electron chi connectivity index (χ0n) is 20.2. The van der Waals surface area contributed by atoms with Crippen molar-refractivity contribution in [1.29, 1.82) is 0 Å². The Kier molecular flexibility index (Phi) is 7.63. The monoisotopic (exact) mass is 522 g/mol. The van der Waals surface area contributed by atoms with Gasteiger partial charge >= 0.3 is 23.4 Å². The first kappa shape index (κ1) is 25.6. The molecule has 11 nitrogen and oxygen atoms in total. The van der Waals surface area contributed by atoms with Gasteiger partial charge in [-0.2, -0.15) is 9.97 Å². The van der Waals surface area contributed by atoms with Crippen molar-refractivity contribution in [2.45, 2.75) is 26.4 Å². The van der Waals surface area contributed by atoms with Gasteiger partial charge in [-0.1, -0.05) is 23.7 Å². The standard InChI is InChI=1S/C25H23ClN6O5/c1-15(2)32-24(34)30-22(31(25(32)35)14-16-4-6-17(26)7-5-16)28-18-8-10-19(11-9-18)37-23-27-13-12-20(29-23)21(33)36-3/h4-13,15H,14H2,1-3H3,(H,28,30,34). The Hall–Kier alpha value is -4.51. The Balaban J connectivity index is 1.61. The third-order valence-corrected chi connectivity index (χ3v) is 5.47. The summed E-state index contributed by atoms with van der Waals surface area (Å²) >= 11 is 5.99. The number of esters is 1. The van der Waals surface area contributed by atoms with E-state index in [4.69, 9.17) is 16.3 Å². The van der Waals surface area contributed by atoms with E-state index in [1.807, 2.05) is 0 Å². The van der Waals surface area contributed by atoms with Crippen molar-refractivity contribution in [1.82, 2.24) is 24.1 Å². The van der Waals surface area contributed by atoms with Gasteiger partial charge in [-0.3, -0.25) is 4.57 Å². The Bertz CT molecular complexity index is 1530. The number of halogens is 1. The number of hydrogen-bond donors (Lipinski definition) is 1. The molecule has 0 amide bonds.